The minimum absolute atomic E-state index is 0.0156. The molecule has 0 bridgehead atoms. The molecular weight excluding hydrogens is 268 g/mol. The first kappa shape index (κ1) is 16.2. The van der Waals surface area contributed by atoms with Crippen LogP contribution in [0, 0.1) is 0 Å². The number of benzene rings is 1. The smallest absolute Gasteiger partial charge is 0.338 e. The molecule has 0 saturated heterocycles. The second-order valence-electron chi connectivity index (χ2n) is 3.95. The molecule has 1 rings (SSSR count). The Bertz CT molecular complexity index is 568. The Hall–Kier alpha value is -2.88. The van der Waals surface area contributed by atoms with Crippen LogP contribution < -0.4 is 0 Å². The predicted octanol–water partition coefficient (Wildman–Crippen LogP) is 3.39. The number of carbonyl (C=O) groups excluding carboxylic acids is 2. The fraction of sp³-hybridized carbons (Fsp3) is 0.0588. The predicted molar refractivity (Wildman–Crippen MR) is 80.8 cm³/mol. The summed E-state index contributed by atoms with van der Waals surface area (Å²) in [5, 5.41) is 0. The van der Waals surface area contributed by atoms with E-state index in [0.29, 0.717) is 0 Å². The molecule has 0 aliphatic carbocycles. The third kappa shape index (κ3) is 6.73. The lowest BCUT2D eigenvalue weighted by atomic mass is 10.2. The molecule has 4 nitrogen and oxygen atoms in total. The first-order valence-corrected chi connectivity index (χ1v) is 6.21. The SMILES string of the molecule is C=CC=COC(=O)C(=C)CC(=O)OC=Cc1ccccc1. The molecular formula is C17H16O4. The molecule has 0 spiro atoms. The number of ether oxygens (including phenoxy) is 2. The summed E-state index contributed by atoms with van der Waals surface area (Å²) in [7, 11) is 0. The van der Waals surface area contributed by atoms with Crippen LogP contribution in [-0.4, -0.2) is 11.9 Å². The lowest BCUT2D eigenvalue weighted by molar-refractivity contribution is -0.140. The van der Waals surface area contributed by atoms with Crippen LogP contribution in [0.3, 0.4) is 0 Å². The van der Waals surface area contributed by atoms with Crippen molar-refractivity contribution in [3.05, 3.63) is 79.3 Å². The fourth-order valence-corrected chi connectivity index (χ4v) is 1.28. The molecule has 4 heteroatoms. The summed E-state index contributed by atoms with van der Waals surface area (Å²) < 4.78 is 9.57. The van der Waals surface area contributed by atoms with Gasteiger partial charge in [-0.15, -0.1) is 0 Å². The van der Waals surface area contributed by atoms with Crippen molar-refractivity contribution in [3.8, 4) is 0 Å². The summed E-state index contributed by atoms with van der Waals surface area (Å²) in [6.07, 6.45) is 6.76. The van der Waals surface area contributed by atoms with Crippen molar-refractivity contribution in [2.24, 2.45) is 0 Å². The number of hydrogen-bond acceptors (Lipinski definition) is 4. The summed E-state index contributed by atoms with van der Waals surface area (Å²) >= 11 is 0. The third-order valence-corrected chi connectivity index (χ3v) is 2.30. The molecule has 0 unspecified atom stereocenters. The van der Waals surface area contributed by atoms with E-state index in [4.69, 9.17) is 9.47 Å². The van der Waals surface area contributed by atoms with E-state index in [1.165, 1.54) is 24.7 Å². The van der Waals surface area contributed by atoms with Gasteiger partial charge in [0.1, 0.15) is 0 Å². The van der Waals surface area contributed by atoms with Gasteiger partial charge in [0.25, 0.3) is 0 Å². The van der Waals surface area contributed by atoms with Crippen molar-refractivity contribution in [1.29, 1.82) is 0 Å². The maximum atomic E-state index is 11.5. The van der Waals surface area contributed by atoms with E-state index in [1.807, 2.05) is 30.3 Å². The molecule has 0 saturated carbocycles. The van der Waals surface area contributed by atoms with Gasteiger partial charge in [-0.05, 0) is 17.7 Å². The molecule has 0 aromatic heterocycles. The second-order valence-corrected chi connectivity index (χ2v) is 3.95. The van der Waals surface area contributed by atoms with Crippen LogP contribution in [0.5, 0.6) is 0 Å². The van der Waals surface area contributed by atoms with Crippen LogP contribution in [0.15, 0.2) is 73.7 Å². The van der Waals surface area contributed by atoms with E-state index in [9.17, 15) is 9.59 Å². The number of hydrogen-bond donors (Lipinski definition) is 0. The van der Waals surface area contributed by atoms with Gasteiger partial charge >= 0.3 is 11.9 Å². The van der Waals surface area contributed by atoms with Crippen molar-refractivity contribution in [1.82, 2.24) is 0 Å². The highest BCUT2D eigenvalue weighted by atomic mass is 16.5. The van der Waals surface area contributed by atoms with Crippen LogP contribution in [0.2, 0.25) is 0 Å². The maximum Gasteiger partial charge on any atom is 0.338 e. The Kier molecular flexibility index (Phi) is 7.00. The van der Waals surface area contributed by atoms with Crippen LogP contribution in [0.1, 0.15) is 12.0 Å². The average molecular weight is 284 g/mol. The Labute approximate surface area is 123 Å². The zero-order valence-electron chi connectivity index (χ0n) is 11.5. The normalized spacial score (nSPS) is 10.5. The summed E-state index contributed by atoms with van der Waals surface area (Å²) in [4.78, 5) is 22.9. The van der Waals surface area contributed by atoms with E-state index in [-0.39, 0.29) is 12.0 Å². The highest BCUT2D eigenvalue weighted by Gasteiger charge is 2.12. The number of allylic oxidation sites excluding steroid dienone is 2. The number of carbonyl (C=O) groups is 2. The van der Waals surface area contributed by atoms with Crippen molar-refractivity contribution >= 4 is 18.0 Å². The highest BCUT2D eigenvalue weighted by molar-refractivity contribution is 5.93. The molecule has 0 N–H and O–H groups in total. The lowest BCUT2D eigenvalue weighted by Gasteiger charge is -2.02. The van der Waals surface area contributed by atoms with E-state index >= 15 is 0 Å². The largest absolute Gasteiger partial charge is 0.434 e. The fourth-order valence-electron chi connectivity index (χ4n) is 1.28. The van der Waals surface area contributed by atoms with Gasteiger partial charge in [0, 0.05) is 5.57 Å². The summed E-state index contributed by atoms with van der Waals surface area (Å²) in [6, 6.07) is 9.37. The third-order valence-electron chi connectivity index (χ3n) is 2.30. The Morgan fingerprint density at radius 1 is 1.10 bits per heavy atom. The molecule has 0 aliphatic heterocycles. The van der Waals surface area contributed by atoms with Crippen LogP contribution >= 0.6 is 0 Å². The molecule has 1 aromatic carbocycles. The first-order valence-electron chi connectivity index (χ1n) is 6.21. The molecule has 0 amide bonds. The Morgan fingerprint density at radius 2 is 1.81 bits per heavy atom. The van der Waals surface area contributed by atoms with E-state index in [0.717, 1.165) is 5.56 Å². The zero-order valence-corrected chi connectivity index (χ0v) is 11.5. The van der Waals surface area contributed by atoms with E-state index in [2.05, 4.69) is 13.2 Å². The first-order chi connectivity index (χ1) is 10.1. The topological polar surface area (TPSA) is 52.6 Å². The van der Waals surface area contributed by atoms with Gasteiger partial charge in [-0.25, -0.2) is 4.79 Å². The Morgan fingerprint density at radius 3 is 2.48 bits per heavy atom. The van der Waals surface area contributed by atoms with Gasteiger partial charge in [0.2, 0.25) is 0 Å². The molecule has 1 aromatic rings. The van der Waals surface area contributed by atoms with Crippen LogP contribution in [-0.2, 0) is 19.1 Å². The molecule has 108 valence electrons. The van der Waals surface area contributed by atoms with Crippen molar-refractivity contribution in [3.63, 3.8) is 0 Å². The highest BCUT2D eigenvalue weighted by Crippen LogP contribution is 2.05. The molecule has 21 heavy (non-hydrogen) atoms. The van der Waals surface area contributed by atoms with Crippen molar-refractivity contribution in [2.75, 3.05) is 0 Å². The number of rotatable bonds is 7. The molecule has 0 aliphatic rings. The van der Waals surface area contributed by atoms with Crippen LogP contribution in [0.4, 0.5) is 0 Å². The standard InChI is InChI=1S/C17H16O4/c1-3-4-11-21-17(19)14(2)13-16(18)20-12-10-15-8-6-5-7-9-15/h3-12H,1-2,13H2. The minimum Gasteiger partial charge on any atom is -0.434 e. The van der Waals surface area contributed by atoms with Crippen molar-refractivity contribution < 1.29 is 19.1 Å². The Balaban J connectivity index is 2.38. The minimum atomic E-state index is -0.683. The van der Waals surface area contributed by atoms with Gasteiger partial charge < -0.3 is 9.47 Å². The van der Waals surface area contributed by atoms with Gasteiger partial charge in [-0.3, -0.25) is 4.79 Å². The van der Waals surface area contributed by atoms with Gasteiger partial charge in [0.05, 0.1) is 18.9 Å². The van der Waals surface area contributed by atoms with Gasteiger partial charge in [0.15, 0.2) is 0 Å². The summed E-state index contributed by atoms with van der Waals surface area (Å²) in [5.74, 6) is -1.27. The molecule has 0 fully saturated rings. The number of esters is 2. The zero-order chi connectivity index (χ0) is 15.5. The molecule has 0 heterocycles. The van der Waals surface area contributed by atoms with Crippen LogP contribution in [0.25, 0.3) is 6.08 Å². The van der Waals surface area contributed by atoms with Gasteiger partial charge in [-0.1, -0.05) is 49.6 Å². The van der Waals surface area contributed by atoms with E-state index < -0.39 is 11.9 Å². The monoisotopic (exact) mass is 284 g/mol. The molecule has 0 radical (unpaired) electrons. The average Bonchev–Trinajstić information content (AvgIpc) is 2.48. The van der Waals surface area contributed by atoms with Crippen molar-refractivity contribution in [2.45, 2.75) is 6.42 Å². The van der Waals surface area contributed by atoms with Gasteiger partial charge in [-0.2, -0.15) is 0 Å². The summed E-state index contributed by atoms with van der Waals surface area (Å²) in [6.45, 7) is 6.91. The van der Waals surface area contributed by atoms with E-state index in [1.54, 1.807) is 6.08 Å². The second kappa shape index (κ2) is 9.09. The molecule has 0 atom stereocenters. The summed E-state index contributed by atoms with van der Waals surface area (Å²) in [5.41, 5.74) is 0.917. The maximum absolute atomic E-state index is 11.5. The lowest BCUT2D eigenvalue weighted by Crippen LogP contribution is -2.09. The quantitative estimate of drug-likeness (QED) is 0.333.